The first-order valence-corrected chi connectivity index (χ1v) is 6.92. The number of amides is 1. The van der Waals surface area contributed by atoms with Crippen molar-refractivity contribution in [2.75, 3.05) is 7.11 Å². The molecule has 0 aliphatic rings. The van der Waals surface area contributed by atoms with Crippen molar-refractivity contribution in [1.82, 2.24) is 10.3 Å². The molecule has 2 aromatic rings. The van der Waals surface area contributed by atoms with E-state index in [2.05, 4.69) is 26.2 Å². The van der Waals surface area contributed by atoms with Crippen LogP contribution in [0.2, 0.25) is 0 Å². The average Bonchev–Trinajstić information content (AvgIpc) is 2.46. The molecule has 0 saturated carbocycles. The quantitative estimate of drug-likeness (QED) is 0.934. The van der Waals surface area contributed by atoms with Crippen molar-refractivity contribution in [3.05, 3.63) is 57.8 Å². The normalized spacial score (nSPS) is 10.2. The van der Waals surface area contributed by atoms with Crippen molar-refractivity contribution in [3.63, 3.8) is 0 Å². The summed E-state index contributed by atoms with van der Waals surface area (Å²) >= 11 is 3.36. The number of rotatable bonds is 4. The zero-order valence-electron chi connectivity index (χ0n) is 11.3. The lowest BCUT2D eigenvalue weighted by atomic mass is 10.2. The van der Waals surface area contributed by atoms with Crippen LogP contribution in [0, 0.1) is 6.92 Å². The van der Waals surface area contributed by atoms with Crippen molar-refractivity contribution in [1.29, 1.82) is 0 Å². The first kappa shape index (κ1) is 14.5. The van der Waals surface area contributed by atoms with Crippen molar-refractivity contribution in [2.24, 2.45) is 0 Å². The summed E-state index contributed by atoms with van der Waals surface area (Å²) in [6.45, 7) is 2.38. The average molecular weight is 335 g/mol. The minimum atomic E-state index is -0.131. The summed E-state index contributed by atoms with van der Waals surface area (Å²) in [5.74, 6) is 0.568. The van der Waals surface area contributed by atoms with Crippen molar-refractivity contribution in [3.8, 4) is 5.75 Å². The lowest BCUT2D eigenvalue weighted by Crippen LogP contribution is -2.22. The second kappa shape index (κ2) is 6.52. The molecule has 1 heterocycles. The van der Waals surface area contributed by atoms with Gasteiger partial charge < -0.3 is 10.1 Å². The number of nitrogens with zero attached hydrogens (tertiary/aromatic N) is 1. The summed E-state index contributed by atoms with van der Waals surface area (Å²) in [4.78, 5) is 16.2. The predicted molar refractivity (Wildman–Crippen MR) is 80.8 cm³/mol. The lowest BCUT2D eigenvalue weighted by Gasteiger charge is -2.08. The van der Waals surface area contributed by atoms with Gasteiger partial charge in [0.15, 0.2) is 0 Å². The Labute approximate surface area is 126 Å². The van der Waals surface area contributed by atoms with Crippen LogP contribution >= 0.6 is 15.9 Å². The molecule has 1 N–H and O–H groups in total. The molecule has 0 bridgehead atoms. The van der Waals surface area contributed by atoms with Crippen LogP contribution in [-0.4, -0.2) is 18.0 Å². The largest absolute Gasteiger partial charge is 0.496 e. The van der Waals surface area contributed by atoms with Crippen LogP contribution in [0.3, 0.4) is 0 Å². The number of nitrogens with one attached hydrogen (secondary N) is 1. The van der Waals surface area contributed by atoms with Crippen molar-refractivity contribution >= 4 is 21.8 Å². The molecule has 20 heavy (non-hydrogen) atoms. The number of benzene rings is 1. The van der Waals surface area contributed by atoms with Gasteiger partial charge in [0.05, 0.1) is 11.6 Å². The Kier molecular flexibility index (Phi) is 4.74. The van der Waals surface area contributed by atoms with Gasteiger partial charge in [-0.25, -0.2) is 0 Å². The molecule has 0 radical (unpaired) electrons. The number of pyridine rings is 1. The van der Waals surface area contributed by atoms with Gasteiger partial charge in [-0.1, -0.05) is 6.07 Å². The molecule has 0 saturated heterocycles. The maximum absolute atomic E-state index is 12.0. The molecule has 1 aromatic carbocycles. The van der Waals surface area contributed by atoms with Gasteiger partial charge in [-0.3, -0.25) is 9.78 Å². The lowest BCUT2D eigenvalue weighted by molar-refractivity contribution is 0.0951. The van der Waals surface area contributed by atoms with Gasteiger partial charge in [0.2, 0.25) is 0 Å². The molecular formula is C15H15BrN2O2. The fourth-order valence-electron chi connectivity index (χ4n) is 1.70. The molecule has 0 aliphatic heterocycles. The van der Waals surface area contributed by atoms with Gasteiger partial charge in [0.25, 0.3) is 5.91 Å². The molecule has 104 valence electrons. The van der Waals surface area contributed by atoms with E-state index in [4.69, 9.17) is 4.74 Å². The van der Waals surface area contributed by atoms with E-state index in [1.807, 2.05) is 19.1 Å². The Bertz CT molecular complexity index is 612. The standard InChI is InChI=1S/C15H15BrN2O2/c1-10-3-4-11(8-17-10)9-18-15(19)12-5-6-14(20-2)13(16)7-12/h3-8H,9H2,1-2H3,(H,18,19). The summed E-state index contributed by atoms with van der Waals surface area (Å²) < 4.78 is 5.89. The molecule has 1 aromatic heterocycles. The monoisotopic (exact) mass is 334 g/mol. The number of halogens is 1. The molecular weight excluding hydrogens is 320 g/mol. The van der Waals surface area contributed by atoms with Crippen LogP contribution in [0.5, 0.6) is 5.75 Å². The van der Waals surface area contributed by atoms with Gasteiger partial charge in [0.1, 0.15) is 5.75 Å². The number of carbonyl (C=O) groups excluding carboxylic acids is 1. The van der Waals surface area contributed by atoms with E-state index in [0.717, 1.165) is 15.7 Å². The third-order valence-corrected chi connectivity index (χ3v) is 3.46. The smallest absolute Gasteiger partial charge is 0.251 e. The minimum absolute atomic E-state index is 0.131. The zero-order chi connectivity index (χ0) is 14.5. The Morgan fingerprint density at radius 3 is 2.75 bits per heavy atom. The van der Waals surface area contributed by atoms with Crippen LogP contribution in [0.4, 0.5) is 0 Å². The van der Waals surface area contributed by atoms with Crippen molar-refractivity contribution in [2.45, 2.75) is 13.5 Å². The molecule has 0 unspecified atom stereocenters. The molecule has 5 heteroatoms. The summed E-state index contributed by atoms with van der Waals surface area (Å²) in [5, 5.41) is 2.86. The SMILES string of the molecule is COc1ccc(C(=O)NCc2ccc(C)nc2)cc1Br. The van der Waals surface area contributed by atoms with Crippen LogP contribution in [0.25, 0.3) is 0 Å². The highest BCUT2D eigenvalue weighted by molar-refractivity contribution is 9.10. The molecule has 1 amide bonds. The van der Waals surface area contributed by atoms with Gasteiger partial charge in [0, 0.05) is 24.0 Å². The Morgan fingerprint density at radius 1 is 1.35 bits per heavy atom. The fourth-order valence-corrected chi connectivity index (χ4v) is 2.24. The van der Waals surface area contributed by atoms with E-state index in [0.29, 0.717) is 17.9 Å². The second-order valence-electron chi connectivity index (χ2n) is 4.34. The predicted octanol–water partition coefficient (Wildman–Crippen LogP) is 3.09. The summed E-state index contributed by atoms with van der Waals surface area (Å²) in [5.41, 5.74) is 2.51. The summed E-state index contributed by atoms with van der Waals surface area (Å²) in [7, 11) is 1.59. The highest BCUT2D eigenvalue weighted by atomic mass is 79.9. The third kappa shape index (κ3) is 3.57. The molecule has 0 atom stereocenters. The van der Waals surface area contributed by atoms with Gasteiger partial charge >= 0.3 is 0 Å². The first-order chi connectivity index (χ1) is 9.60. The summed E-state index contributed by atoms with van der Waals surface area (Å²) in [6, 6.07) is 9.10. The molecule has 0 spiro atoms. The highest BCUT2D eigenvalue weighted by Gasteiger charge is 2.08. The molecule has 0 fully saturated rings. The van der Waals surface area contributed by atoms with Crippen LogP contribution in [0.1, 0.15) is 21.6 Å². The van der Waals surface area contributed by atoms with E-state index in [1.165, 1.54) is 0 Å². The van der Waals surface area contributed by atoms with Gasteiger partial charge in [-0.15, -0.1) is 0 Å². The van der Waals surface area contributed by atoms with Crippen molar-refractivity contribution < 1.29 is 9.53 Å². The topological polar surface area (TPSA) is 51.2 Å². The van der Waals surface area contributed by atoms with Gasteiger partial charge in [-0.2, -0.15) is 0 Å². The minimum Gasteiger partial charge on any atom is -0.496 e. The second-order valence-corrected chi connectivity index (χ2v) is 5.19. The molecule has 4 nitrogen and oxygen atoms in total. The Hall–Kier alpha value is -1.88. The summed E-state index contributed by atoms with van der Waals surface area (Å²) in [6.07, 6.45) is 1.76. The van der Waals surface area contributed by atoms with E-state index >= 15 is 0 Å². The number of methoxy groups -OCH3 is 1. The number of aromatic nitrogens is 1. The maximum atomic E-state index is 12.0. The van der Waals surface area contributed by atoms with Crippen LogP contribution in [0.15, 0.2) is 41.0 Å². The number of carbonyl (C=O) groups is 1. The van der Waals surface area contributed by atoms with E-state index < -0.39 is 0 Å². The number of aryl methyl sites for hydroxylation is 1. The maximum Gasteiger partial charge on any atom is 0.251 e. The first-order valence-electron chi connectivity index (χ1n) is 6.13. The van der Waals surface area contributed by atoms with Crippen LogP contribution < -0.4 is 10.1 Å². The van der Waals surface area contributed by atoms with E-state index in [1.54, 1.807) is 31.5 Å². The molecule has 2 rings (SSSR count). The number of hydrogen-bond donors (Lipinski definition) is 1. The Morgan fingerprint density at radius 2 is 2.15 bits per heavy atom. The number of hydrogen-bond acceptors (Lipinski definition) is 3. The van der Waals surface area contributed by atoms with E-state index in [-0.39, 0.29) is 5.91 Å². The highest BCUT2D eigenvalue weighted by Crippen LogP contribution is 2.25. The van der Waals surface area contributed by atoms with Gasteiger partial charge in [-0.05, 0) is 52.7 Å². The number of ether oxygens (including phenoxy) is 1. The third-order valence-electron chi connectivity index (χ3n) is 2.84. The fraction of sp³-hybridized carbons (Fsp3) is 0.200. The Balaban J connectivity index is 2.01. The molecule has 0 aliphatic carbocycles. The van der Waals surface area contributed by atoms with Crippen LogP contribution in [-0.2, 0) is 6.54 Å². The zero-order valence-corrected chi connectivity index (χ0v) is 12.9. The van der Waals surface area contributed by atoms with E-state index in [9.17, 15) is 4.79 Å².